The van der Waals surface area contributed by atoms with Gasteiger partial charge in [0.05, 0.1) is 6.54 Å². The van der Waals surface area contributed by atoms with Crippen molar-refractivity contribution in [2.24, 2.45) is 0 Å². The Morgan fingerprint density at radius 1 is 1.29 bits per heavy atom. The molecule has 1 aromatic carbocycles. The molecule has 5 nitrogen and oxygen atoms in total. The topological polar surface area (TPSA) is 62.5 Å². The van der Waals surface area contributed by atoms with E-state index in [0.29, 0.717) is 18.1 Å². The van der Waals surface area contributed by atoms with Gasteiger partial charge in [-0.2, -0.15) is 0 Å². The zero-order chi connectivity index (χ0) is 17.3. The largest absolute Gasteiger partial charge is 0.378 e. The minimum atomic E-state index is -1.65. The van der Waals surface area contributed by atoms with Crippen molar-refractivity contribution in [3.05, 3.63) is 69.1 Å². The molecule has 1 aliphatic rings. The summed E-state index contributed by atoms with van der Waals surface area (Å²) in [4.78, 5) is 26.2. The Morgan fingerprint density at radius 2 is 2.08 bits per heavy atom. The molecule has 6 heteroatoms. The summed E-state index contributed by atoms with van der Waals surface area (Å²) < 4.78 is 1.34. The molecule has 1 atom stereocenters. The Hall–Kier alpha value is -2.11. The third-order valence-corrected chi connectivity index (χ3v) is 4.54. The highest BCUT2D eigenvalue weighted by atomic mass is 35.5. The maximum absolute atomic E-state index is 12.8. The number of pyridine rings is 1. The summed E-state index contributed by atoms with van der Waals surface area (Å²) in [5, 5.41) is 11.3. The molecule has 0 bridgehead atoms. The summed E-state index contributed by atoms with van der Waals surface area (Å²) in [7, 11) is 0. The van der Waals surface area contributed by atoms with Gasteiger partial charge in [0.15, 0.2) is 5.60 Å². The van der Waals surface area contributed by atoms with Gasteiger partial charge in [-0.25, -0.2) is 0 Å². The van der Waals surface area contributed by atoms with E-state index in [1.165, 1.54) is 23.1 Å². The molecular weight excluding hydrogens is 328 g/mol. The number of hydrogen-bond acceptors (Lipinski definition) is 3. The summed E-state index contributed by atoms with van der Waals surface area (Å²) in [6, 6.07) is 10.4. The average Bonchev–Trinajstić information content (AvgIpc) is 2.55. The van der Waals surface area contributed by atoms with Gasteiger partial charge in [-0.1, -0.05) is 23.7 Å². The minimum absolute atomic E-state index is 0.0790. The second kappa shape index (κ2) is 6.42. The summed E-state index contributed by atoms with van der Waals surface area (Å²) >= 11 is 6.03. The number of carbonyl (C=O) groups excluding carboxylic acids is 1. The van der Waals surface area contributed by atoms with Crippen LogP contribution in [0.1, 0.15) is 18.1 Å². The van der Waals surface area contributed by atoms with Gasteiger partial charge in [0.2, 0.25) is 0 Å². The lowest BCUT2D eigenvalue weighted by atomic mass is 9.97. The second-order valence-electron chi connectivity index (χ2n) is 6.33. The van der Waals surface area contributed by atoms with Gasteiger partial charge in [-0.15, -0.1) is 0 Å². The maximum Gasteiger partial charge on any atom is 0.256 e. The highest BCUT2D eigenvalue weighted by molar-refractivity contribution is 6.30. The van der Waals surface area contributed by atoms with Crippen LogP contribution in [0.15, 0.2) is 47.4 Å². The number of rotatable bonds is 3. The normalized spacial score (nSPS) is 16.4. The number of aromatic nitrogens is 1. The van der Waals surface area contributed by atoms with E-state index in [1.54, 1.807) is 23.2 Å². The minimum Gasteiger partial charge on any atom is -0.378 e. The van der Waals surface area contributed by atoms with Crippen LogP contribution in [-0.4, -0.2) is 32.6 Å². The molecule has 1 N–H and O–H groups in total. The first-order chi connectivity index (χ1) is 11.4. The van der Waals surface area contributed by atoms with Crippen molar-refractivity contribution in [2.75, 3.05) is 6.54 Å². The van der Waals surface area contributed by atoms with Crippen molar-refractivity contribution in [1.82, 2.24) is 9.47 Å². The van der Waals surface area contributed by atoms with Gasteiger partial charge >= 0.3 is 0 Å². The zero-order valence-electron chi connectivity index (χ0n) is 13.4. The van der Waals surface area contributed by atoms with E-state index in [4.69, 9.17) is 11.6 Å². The zero-order valence-corrected chi connectivity index (χ0v) is 14.2. The first-order valence-corrected chi connectivity index (χ1v) is 8.19. The van der Waals surface area contributed by atoms with E-state index in [9.17, 15) is 14.7 Å². The SMILES string of the molecule is CC(O)(Cn1ccccc1=O)C(=O)N1CCc2ccc(Cl)cc2C1. The van der Waals surface area contributed by atoms with Crippen LogP contribution in [0.3, 0.4) is 0 Å². The second-order valence-corrected chi connectivity index (χ2v) is 6.77. The van der Waals surface area contributed by atoms with Gasteiger partial charge in [0, 0.05) is 30.4 Å². The van der Waals surface area contributed by atoms with E-state index in [0.717, 1.165) is 12.0 Å². The van der Waals surface area contributed by atoms with Crippen LogP contribution >= 0.6 is 11.6 Å². The van der Waals surface area contributed by atoms with Crippen molar-refractivity contribution in [1.29, 1.82) is 0 Å². The molecule has 1 aliphatic heterocycles. The van der Waals surface area contributed by atoms with E-state index < -0.39 is 5.60 Å². The van der Waals surface area contributed by atoms with Crippen LogP contribution in [0.25, 0.3) is 0 Å². The van der Waals surface area contributed by atoms with E-state index in [1.807, 2.05) is 18.2 Å². The highest BCUT2D eigenvalue weighted by Gasteiger charge is 2.36. The fourth-order valence-corrected chi connectivity index (χ4v) is 3.22. The number of halogens is 1. The summed E-state index contributed by atoms with van der Waals surface area (Å²) in [5.74, 6) is -0.385. The quantitative estimate of drug-likeness (QED) is 0.922. The Balaban J connectivity index is 1.78. The first kappa shape index (κ1) is 16.7. The van der Waals surface area contributed by atoms with Crippen molar-refractivity contribution < 1.29 is 9.90 Å². The Bertz CT molecular complexity index is 829. The molecule has 126 valence electrons. The van der Waals surface area contributed by atoms with Gasteiger partial charge in [-0.05, 0) is 42.7 Å². The lowest BCUT2D eigenvalue weighted by Gasteiger charge is -2.34. The van der Waals surface area contributed by atoms with Crippen molar-refractivity contribution in [3.63, 3.8) is 0 Å². The lowest BCUT2D eigenvalue weighted by Crippen LogP contribution is -2.51. The van der Waals surface area contributed by atoms with Gasteiger partial charge in [0.1, 0.15) is 0 Å². The fourth-order valence-electron chi connectivity index (χ4n) is 3.03. The van der Waals surface area contributed by atoms with Gasteiger partial charge in [-0.3, -0.25) is 9.59 Å². The van der Waals surface area contributed by atoms with Gasteiger partial charge in [0.25, 0.3) is 11.5 Å². The number of amides is 1. The highest BCUT2D eigenvalue weighted by Crippen LogP contribution is 2.24. The van der Waals surface area contributed by atoms with E-state index in [2.05, 4.69) is 0 Å². The lowest BCUT2D eigenvalue weighted by molar-refractivity contribution is -0.152. The molecule has 1 unspecified atom stereocenters. The van der Waals surface area contributed by atoms with Crippen LogP contribution in [0.2, 0.25) is 5.02 Å². The first-order valence-electron chi connectivity index (χ1n) is 7.81. The molecule has 1 amide bonds. The molecule has 2 heterocycles. The Kier molecular flexibility index (Phi) is 4.47. The molecule has 3 rings (SSSR count). The van der Waals surface area contributed by atoms with Crippen molar-refractivity contribution in [2.45, 2.75) is 32.0 Å². The van der Waals surface area contributed by atoms with Gasteiger partial charge < -0.3 is 14.6 Å². The summed E-state index contributed by atoms with van der Waals surface area (Å²) in [6.45, 7) is 2.31. The number of aliphatic hydroxyl groups is 1. The molecule has 0 saturated heterocycles. The number of fused-ring (bicyclic) bond motifs is 1. The molecule has 1 aromatic heterocycles. The predicted octanol–water partition coefficient (Wildman–Crippen LogP) is 1.84. The van der Waals surface area contributed by atoms with Crippen LogP contribution < -0.4 is 5.56 Å². The average molecular weight is 347 g/mol. The van der Waals surface area contributed by atoms with Crippen LogP contribution in [-0.2, 0) is 24.3 Å². The predicted molar refractivity (Wildman–Crippen MR) is 91.9 cm³/mol. The number of benzene rings is 1. The molecule has 2 aromatic rings. The molecule has 0 fully saturated rings. The van der Waals surface area contributed by atoms with E-state index >= 15 is 0 Å². The molecule has 0 radical (unpaired) electrons. The fraction of sp³-hybridized carbons (Fsp3) is 0.333. The van der Waals surface area contributed by atoms with Crippen molar-refractivity contribution >= 4 is 17.5 Å². The number of hydrogen-bond donors (Lipinski definition) is 1. The van der Waals surface area contributed by atoms with Crippen LogP contribution in [0.5, 0.6) is 0 Å². The number of carbonyl (C=O) groups is 1. The third kappa shape index (κ3) is 3.37. The van der Waals surface area contributed by atoms with Crippen molar-refractivity contribution in [3.8, 4) is 0 Å². The standard InChI is InChI=1S/C18H19ClN2O3/c1-18(24,12-21-8-3-2-4-16(21)22)17(23)20-9-7-13-5-6-15(19)10-14(13)11-20/h2-6,8,10,24H,7,9,11-12H2,1H3. The smallest absolute Gasteiger partial charge is 0.256 e. The van der Waals surface area contributed by atoms with Crippen LogP contribution in [0, 0.1) is 0 Å². The number of nitrogens with zero attached hydrogens (tertiary/aromatic N) is 2. The molecule has 0 saturated carbocycles. The monoisotopic (exact) mass is 346 g/mol. The molecule has 0 spiro atoms. The molecule has 0 aliphatic carbocycles. The summed E-state index contributed by atoms with van der Waals surface area (Å²) in [5.41, 5.74) is 0.264. The summed E-state index contributed by atoms with van der Waals surface area (Å²) in [6.07, 6.45) is 2.29. The maximum atomic E-state index is 12.8. The van der Waals surface area contributed by atoms with Crippen LogP contribution in [0.4, 0.5) is 0 Å². The molecular formula is C18H19ClN2O3. The van der Waals surface area contributed by atoms with E-state index in [-0.39, 0.29) is 18.0 Å². The Morgan fingerprint density at radius 3 is 2.83 bits per heavy atom. The Labute approximate surface area is 145 Å². The molecule has 24 heavy (non-hydrogen) atoms. The third-order valence-electron chi connectivity index (χ3n) is 4.31.